The van der Waals surface area contributed by atoms with Gasteiger partial charge >= 0.3 is 11.9 Å². The fraction of sp³-hybridized carbons (Fsp3) is 0.211. The minimum absolute atomic E-state index is 0.103. The van der Waals surface area contributed by atoms with E-state index in [1.807, 2.05) is 30.3 Å². The van der Waals surface area contributed by atoms with Gasteiger partial charge < -0.3 is 14.4 Å². The number of para-hydroxylation sites is 1. The third kappa shape index (κ3) is 3.68. The van der Waals surface area contributed by atoms with E-state index in [9.17, 15) is 14.4 Å². The number of hydrogen-bond acceptors (Lipinski definition) is 5. The summed E-state index contributed by atoms with van der Waals surface area (Å²) in [5, 5.41) is 0. The largest absolute Gasteiger partial charge is 0.465 e. The molecule has 0 N–H and O–H groups in total. The Morgan fingerprint density at radius 3 is 2.36 bits per heavy atom. The third-order valence-electron chi connectivity index (χ3n) is 4.02. The molecule has 1 atom stereocenters. The predicted octanol–water partition coefficient (Wildman–Crippen LogP) is 2.43. The van der Waals surface area contributed by atoms with Crippen molar-refractivity contribution in [2.45, 2.75) is 6.42 Å². The Morgan fingerprint density at radius 2 is 1.72 bits per heavy atom. The van der Waals surface area contributed by atoms with Crippen molar-refractivity contribution < 1.29 is 23.9 Å². The molecular weight excluding hydrogens is 322 g/mol. The summed E-state index contributed by atoms with van der Waals surface area (Å²) in [5.74, 6) is -1.22. The zero-order valence-corrected chi connectivity index (χ0v) is 13.7. The van der Waals surface area contributed by atoms with Crippen LogP contribution < -0.4 is 9.64 Å². The van der Waals surface area contributed by atoms with Crippen LogP contribution in [0.5, 0.6) is 5.75 Å². The van der Waals surface area contributed by atoms with Crippen LogP contribution in [0.25, 0.3) is 0 Å². The molecule has 1 amide bonds. The molecule has 0 aromatic heterocycles. The Bertz CT molecular complexity index is 785. The van der Waals surface area contributed by atoms with Crippen molar-refractivity contribution in [2.24, 2.45) is 5.92 Å². The van der Waals surface area contributed by atoms with Gasteiger partial charge in [0.2, 0.25) is 5.91 Å². The van der Waals surface area contributed by atoms with E-state index in [2.05, 4.69) is 4.74 Å². The minimum Gasteiger partial charge on any atom is -0.465 e. The lowest BCUT2D eigenvalue weighted by Crippen LogP contribution is -2.27. The lowest BCUT2D eigenvalue weighted by Gasteiger charge is -2.16. The summed E-state index contributed by atoms with van der Waals surface area (Å²) >= 11 is 0. The Labute approximate surface area is 145 Å². The van der Waals surface area contributed by atoms with Crippen LogP contribution in [0, 0.1) is 5.92 Å². The molecule has 0 aliphatic carbocycles. The quantitative estimate of drug-likeness (QED) is 0.632. The fourth-order valence-electron chi connectivity index (χ4n) is 2.70. The van der Waals surface area contributed by atoms with Gasteiger partial charge in [0.1, 0.15) is 5.75 Å². The second-order valence-corrected chi connectivity index (χ2v) is 5.68. The summed E-state index contributed by atoms with van der Waals surface area (Å²) in [6, 6.07) is 15.3. The van der Waals surface area contributed by atoms with Gasteiger partial charge in [-0.3, -0.25) is 9.59 Å². The van der Waals surface area contributed by atoms with Crippen molar-refractivity contribution in [3.05, 3.63) is 60.2 Å². The summed E-state index contributed by atoms with van der Waals surface area (Å²) in [6.07, 6.45) is 0.119. The van der Waals surface area contributed by atoms with Crippen LogP contribution >= 0.6 is 0 Å². The molecular formula is C19H17NO5. The number of methoxy groups -OCH3 is 1. The van der Waals surface area contributed by atoms with E-state index in [1.54, 1.807) is 4.90 Å². The first-order valence-corrected chi connectivity index (χ1v) is 7.84. The molecule has 1 aliphatic heterocycles. The monoisotopic (exact) mass is 339 g/mol. The molecule has 1 fully saturated rings. The molecule has 2 aromatic rings. The Balaban J connectivity index is 1.64. The van der Waals surface area contributed by atoms with Gasteiger partial charge in [-0.25, -0.2) is 4.79 Å². The maximum absolute atomic E-state index is 12.3. The lowest BCUT2D eigenvalue weighted by molar-refractivity contribution is -0.139. The van der Waals surface area contributed by atoms with Crippen molar-refractivity contribution in [2.75, 3.05) is 18.6 Å². The number of amides is 1. The number of esters is 2. The summed E-state index contributed by atoms with van der Waals surface area (Å²) in [4.78, 5) is 37.5. The van der Waals surface area contributed by atoms with E-state index in [0.717, 1.165) is 5.69 Å². The maximum atomic E-state index is 12.3. The number of carbonyl (C=O) groups is 3. The van der Waals surface area contributed by atoms with Gasteiger partial charge in [0.25, 0.3) is 0 Å². The van der Waals surface area contributed by atoms with E-state index in [1.165, 1.54) is 31.4 Å². The first-order valence-electron chi connectivity index (χ1n) is 7.84. The van der Waals surface area contributed by atoms with Gasteiger partial charge in [0.15, 0.2) is 0 Å². The van der Waals surface area contributed by atoms with Crippen molar-refractivity contribution in [3.8, 4) is 5.75 Å². The molecule has 1 heterocycles. The SMILES string of the molecule is COC(=O)c1ccc(OC(=O)[C@H]2CC(=O)N(c3ccccc3)C2)cc1. The fourth-order valence-corrected chi connectivity index (χ4v) is 2.70. The predicted molar refractivity (Wildman–Crippen MR) is 90.3 cm³/mol. The maximum Gasteiger partial charge on any atom is 0.337 e. The number of anilines is 1. The molecule has 1 aliphatic rings. The molecule has 0 radical (unpaired) electrons. The number of carbonyl (C=O) groups excluding carboxylic acids is 3. The second kappa shape index (κ2) is 7.17. The molecule has 0 saturated carbocycles. The lowest BCUT2D eigenvalue weighted by atomic mass is 10.1. The molecule has 0 spiro atoms. The van der Waals surface area contributed by atoms with Crippen molar-refractivity contribution >= 4 is 23.5 Å². The third-order valence-corrected chi connectivity index (χ3v) is 4.02. The van der Waals surface area contributed by atoms with E-state index >= 15 is 0 Å². The van der Waals surface area contributed by atoms with Gasteiger partial charge in [0.05, 0.1) is 18.6 Å². The van der Waals surface area contributed by atoms with Crippen LogP contribution in [0.3, 0.4) is 0 Å². The minimum atomic E-state index is -0.520. The van der Waals surface area contributed by atoms with Crippen molar-refractivity contribution in [1.29, 1.82) is 0 Å². The summed E-state index contributed by atoms with van der Waals surface area (Å²) in [6.45, 7) is 0.294. The van der Waals surface area contributed by atoms with Gasteiger partial charge in [-0.2, -0.15) is 0 Å². The van der Waals surface area contributed by atoms with Crippen LogP contribution in [-0.2, 0) is 14.3 Å². The molecule has 25 heavy (non-hydrogen) atoms. The van der Waals surface area contributed by atoms with Gasteiger partial charge in [0, 0.05) is 18.7 Å². The molecule has 6 nitrogen and oxygen atoms in total. The number of nitrogens with zero attached hydrogens (tertiary/aromatic N) is 1. The number of ether oxygens (including phenoxy) is 2. The number of hydrogen-bond donors (Lipinski definition) is 0. The first-order chi connectivity index (χ1) is 12.1. The second-order valence-electron chi connectivity index (χ2n) is 5.68. The number of rotatable bonds is 4. The van der Waals surface area contributed by atoms with E-state index in [0.29, 0.717) is 17.9 Å². The molecule has 1 saturated heterocycles. The summed E-state index contributed by atoms with van der Waals surface area (Å²) in [7, 11) is 1.30. The van der Waals surface area contributed by atoms with Crippen LogP contribution in [-0.4, -0.2) is 31.5 Å². The highest BCUT2D eigenvalue weighted by atomic mass is 16.5. The van der Waals surface area contributed by atoms with E-state index < -0.39 is 17.9 Å². The summed E-state index contributed by atoms with van der Waals surface area (Å²) in [5.41, 5.74) is 1.14. The van der Waals surface area contributed by atoms with Crippen molar-refractivity contribution in [3.63, 3.8) is 0 Å². The highest BCUT2D eigenvalue weighted by Gasteiger charge is 2.36. The van der Waals surface area contributed by atoms with E-state index in [4.69, 9.17) is 4.74 Å². The van der Waals surface area contributed by atoms with Crippen LogP contribution in [0.4, 0.5) is 5.69 Å². The topological polar surface area (TPSA) is 72.9 Å². The van der Waals surface area contributed by atoms with Crippen LogP contribution in [0.1, 0.15) is 16.8 Å². The highest BCUT2D eigenvalue weighted by Crippen LogP contribution is 2.26. The van der Waals surface area contributed by atoms with Crippen LogP contribution in [0.2, 0.25) is 0 Å². The summed E-state index contributed by atoms with van der Waals surface area (Å²) < 4.78 is 9.94. The zero-order valence-electron chi connectivity index (χ0n) is 13.7. The van der Waals surface area contributed by atoms with Crippen LogP contribution in [0.15, 0.2) is 54.6 Å². The Morgan fingerprint density at radius 1 is 1.04 bits per heavy atom. The standard InChI is InChI=1S/C19H17NO5/c1-24-18(22)13-7-9-16(10-8-13)25-19(23)14-11-17(21)20(12-14)15-5-3-2-4-6-15/h2-10,14H,11-12H2,1H3/t14-/m0/s1. The molecule has 0 bridgehead atoms. The Hall–Kier alpha value is -3.15. The average molecular weight is 339 g/mol. The van der Waals surface area contributed by atoms with E-state index in [-0.39, 0.29) is 12.3 Å². The highest BCUT2D eigenvalue weighted by molar-refractivity contribution is 5.99. The zero-order chi connectivity index (χ0) is 17.8. The molecule has 0 unspecified atom stereocenters. The Kier molecular flexibility index (Phi) is 4.79. The first kappa shape index (κ1) is 16.7. The number of benzene rings is 2. The smallest absolute Gasteiger partial charge is 0.337 e. The molecule has 3 rings (SSSR count). The molecule has 128 valence electrons. The van der Waals surface area contributed by atoms with Gasteiger partial charge in [-0.05, 0) is 36.4 Å². The van der Waals surface area contributed by atoms with Gasteiger partial charge in [-0.15, -0.1) is 0 Å². The van der Waals surface area contributed by atoms with Crippen molar-refractivity contribution in [1.82, 2.24) is 0 Å². The van der Waals surface area contributed by atoms with Gasteiger partial charge in [-0.1, -0.05) is 18.2 Å². The molecule has 6 heteroatoms. The average Bonchev–Trinajstić information content (AvgIpc) is 3.04. The normalized spacial score (nSPS) is 16.6. The molecule has 2 aromatic carbocycles.